The second kappa shape index (κ2) is 8.12. The van der Waals surface area contributed by atoms with Crippen molar-refractivity contribution in [2.24, 2.45) is 5.92 Å². The van der Waals surface area contributed by atoms with Crippen LogP contribution >= 0.6 is 12.4 Å². The molecule has 0 aromatic heterocycles. The average molecular weight is 299 g/mol. The predicted molar refractivity (Wildman–Crippen MR) is 82.4 cm³/mol. The lowest BCUT2D eigenvalue weighted by atomic mass is 10.0. The first-order chi connectivity index (χ1) is 9.20. The molecule has 1 aliphatic heterocycles. The fourth-order valence-electron chi connectivity index (χ4n) is 2.33. The van der Waals surface area contributed by atoms with Crippen LogP contribution in [0.3, 0.4) is 0 Å². The fraction of sp³-hybridized carbons (Fsp3) is 0.533. The van der Waals surface area contributed by atoms with Crippen LogP contribution in [0.4, 0.5) is 0 Å². The molecule has 112 valence electrons. The zero-order valence-corrected chi connectivity index (χ0v) is 12.8. The molecule has 1 aliphatic rings. The van der Waals surface area contributed by atoms with Gasteiger partial charge in [-0.25, -0.2) is 0 Å². The molecule has 4 nitrogen and oxygen atoms in total. The number of carbonyl (C=O) groups is 1. The smallest absolute Gasteiger partial charge is 0.224 e. The summed E-state index contributed by atoms with van der Waals surface area (Å²) < 4.78 is 5.48. The van der Waals surface area contributed by atoms with E-state index in [9.17, 15) is 4.79 Å². The minimum absolute atomic E-state index is 0. The quantitative estimate of drug-likeness (QED) is 0.877. The van der Waals surface area contributed by atoms with Gasteiger partial charge in [0.2, 0.25) is 5.91 Å². The van der Waals surface area contributed by atoms with Gasteiger partial charge in [0.05, 0.1) is 18.6 Å². The van der Waals surface area contributed by atoms with E-state index in [1.165, 1.54) is 0 Å². The summed E-state index contributed by atoms with van der Waals surface area (Å²) in [6.45, 7) is 6.35. The Balaban J connectivity index is 0.00000200. The monoisotopic (exact) mass is 298 g/mol. The molecule has 20 heavy (non-hydrogen) atoms. The van der Waals surface area contributed by atoms with Gasteiger partial charge in [-0.2, -0.15) is 0 Å². The normalized spacial score (nSPS) is 19.0. The first kappa shape index (κ1) is 16.8. The second-order valence-electron chi connectivity index (χ2n) is 4.93. The van der Waals surface area contributed by atoms with Crippen molar-refractivity contribution >= 4 is 18.3 Å². The van der Waals surface area contributed by atoms with Gasteiger partial charge in [-0.3, -0.25) is 4.79 Å². The molecule has 0 aliphatic carbocycles. The van der Waals surface area contributed by atoms with Crippen LogP contribution in [0.5, 0.6) is 5.75 Å². The Kier molecular flexibility index (Phi) is 6.82. The molecule has 0 radical (unpaired) electrons. The highest BCUT2D eigenvalue weighted by Gasteiger charge is 2.23. The first-order valence-corrected chi connectivity index (χ1v) is 6.94. The van der Waals surface area contributed by atoms with Gasteiger partial charge in [-0.1, -0.05) is 12.1 Å². The van der Waals surface area contributed by atoms with E-state index < -0.39 is 0 Å². The van der Waals surface area contributed by atoms with E-state index in [1.807, 2.05) is 38.1 Å². The molecule has 0 spiro atoms. The summed E-state index contributed by atoms with van der Waals surface area (Å²) in [6.07, 6.45) is 0.928. The molecule has 2 N–H and O–H groups in total. The molecular formula is C15H23ClN2O2. The van der Waals surface area contributed by atoms with Crippen LogP contribution in [0.15, 0.2) is 24.3 Å². The Labute approximate surface area is 126 Å². The van der Waals surface area contributed by atoms with E-state index in [1.54, 1.807) is 0 Å². The van der Waals surface area contributed by atoms with Crippen molar-refractivity contribution in [3.63, 3.8) is 0 Å². The van der Waals surface area contributed by atoms with Crippen molar-refractivity contribution in [1.82, 2.24) is 10.6 Å². The van der Waals surface area contributed by atoms with Gasteiger partial charge in [-0.05, 0) is 44.5 Å². The lowest BCUT2D eigenvalue weighted by Crippen LogP contribution is -2.33. The summed E-state index contributed by atoms with van der Waals surface area (Å²) in [6, 6.07) is 7.90. The lowest BCUT2D eigenvalue weighted by molar-refractivity contribution is -0.125. The van der Waals surface area contributed by atoms with Crippen LogP contribution in [0.2, 0.25) is 0 Å². The number of hydrogen-bond acceptors (Lipinski definition) is 3. The molecular weight excluding hydrogens is 276 g/mol. The summed E-state index contributed by atoms with van der Waals surface area (Å²) >= 11 is 0. The van der Waals surface area contributed by atoms with Crippen molar-refractivity contribution < 1.29 is 9.53 Å². The molecule has 2 unspecified atom stereocenters. The third-order valence-electron chi connectivity index (χ3n) is 3.46. The standard InChI is InChI=1S/C15H22N2O2.ClH/c1-3-19-14-6-4-5-12(9-14)11(2)17-15(18)13-7-8-16-10-13;/h4-6,9,11,13,16H,3,7-8,10H2,1-2H3,(H,17,18);1H. The minimum atomic E-state index is 0. The van der Waals surface area contributed by atoms with Gasteiger partial charge < -0.3 is 15.4 Å². The van der Waals surface area contributed by atoms with Crippen molar-refractivity contribution in [2.45, 2.75) is 26.3 Å². The molecule has 0 bridgehead atoms. The molecule has 1 aromatic rings. The van der Waals surface area contributed by atoms with Gasteiger partial charge in [0, 0.05) is 6.54 Å². The average Bonchev–Trinajstić information content (AvgIpc) is 2.93. The Bertz CT molecular complexity index is 434. The molecule has 1 amide bonds. The lowest BCUT2D eigenvalue weighted by Gasteiger charge is -2.17. The maximum absolute atomic E-state index is 12.1. The molecule has 0 saturated carbocycles. The molecule has 1 saturated heterocycles. The van der Waals surface area contributed by atoms with Crippen LogP contribution in [0.25, 0.3) is 0 Å². The van der Waals surface area contributed by atoms with Crippen molar-refractivity contribution in [3.8, 4) is 5.75 Å². The van der Waals surface area contributed by atoms with E-state index in [-0.39, 0.29) is 30.3 Å². The third kappa shape index (κ3) is 4.39. The van der Waals surface area contributed by atoms with Crippen molar-refractivity contribution in [3.05, 3.63) is 29.8 Å². The number of carbonyl (C=O) groups excluding carboxylic acids is 1. The summed E-state index contributed by atoms with van der Waals surface area (Å²) in [5.41, 5.74) is 1.07. The number of amides is 1. The van der Waals surface area contributed by atoms with E-state index in [0.717, 1.165) is 30.8 Å². The molecule has 5 heteroatoms. The number of nitrogens with one attached hydrogen (secondary N) is 2. The fourth-order valence-corrected chi connectivity index (χ4v) is 2.33. The molecule has 1 fully saturated rings. The topological polar surface area (TPSA) is 50.4 Å². The van der Waals surface area contributed by atoms with Crippen molar-refractivity contribution in [1.29, 1.82) is 0 Å². The Morgan fingerprint density at radius 1 is 1.55 bits per heavy atom. The summed E-state index contributed by atoms with van der Waals surface area (Å²) in [4.78, 5) is 12.1. The van der Waals surface area contributed by atoms with Gasteiger partial charge in [-0.15, -0.1) is 12.4 Å². The SMILES string of the molecule is CCOc1cccc(C(C)NC(=O)C2CCNC2)c1.Cl. The number of ether oxygens (including phenoxy) is 1. The number of hydrogen-bond donors (Lipinski definition) is 2. The Morgan fingerprint density at radius 2 is 2.35 bits per heavy atom. The first-order valence-electron chi connectivity index (χ1n) is 6.94. The number of rotatable bonds is 5. The molecule has 2 atom stereocenters. The zero-order valence-electron chi connectivity index (χ0n) is 12.0. The van der Waals surface area contributed by atoms with Crippen LogP contribution in [0.1, 0.15) is 31.9 Å². The van der Waals surface area contributed by atoms with Gasteiger partial charge in [0.25, 0.3) is 0 Å². The zero-order chi connectivity index (χ0) is 13.7. The highest BCUT2D eigenvalue weighted by Crippen LogP contribution is 2.20. The highest BCUT2D eigenvalue weighted by atomic mass is 35.5. The second-order valence-corrected chi connectivity index (χ2v) is 4.93. The maximum Gasteiger partial charge on any atom is 0.224 e. The van der Waals surface area contributed by atoms with E-state index in [0.29, 0.717) is 6.61 Å². The van der Waals surface area contributed by atoms with Crippen molar-refractivity contribution in [2.75, 3.05) is 19.7 Å². The van der Waals surface area contributed by atoms with E-state index >= 15 is 0 Å². The Hall–Kier alpha value is -1.26. The third-order valence-corrected chi connectivity index (χ3v) is 3.46. The van der Waals surface area contributed by atoms with Crippen LogP contribution in [0, 0.1) is 5.92 Å². The van der Waals surface area contributed by atoms with Crippen LogP contribution in [-0.2, 0) is 4.79 Å². The summed E-state index contributed by atoms with van der Waals surface area (Å²) in [5, 5.41) is 6.28. The molecule has 1 aromatic carbocycles. The summed E-state index contributed by atoms with van der Waals surface area (Å²) in [5.74, 6) is 1.10. The van der Waals surface area contributed by atoms with Crippen LogP contribution in [-0.4, -0.2) is 25.6 Å². The maximum atomic E-state index is 12.1. The highest BCUT2D eigenvalue weighted by molar-refractivity contribution is 5.85. The van der Waals surface area contributed by atoms with Crippen LogP contribution < -0.4 is 15.4 Å². The molecule has 2 rings (SSSR count). The van der Waals surface area contributed by atoms with E-state index in [2.05, 4.69) is 10.6 Å². The number of halogens is 1. The van der Waals surface area contributed by atoms with Gasteiger partial charge in [0.1, 0.15) is 5.75 Å². The molecule has 1 heterocycles. The van der Waals surface area contributed by atoms with E-state index in [4.69, 9.17) is 4.74 Å². The van der Waals surface area contributed by atoms with Gasteiger partial charge >= 0.3 is 0 Å². The predicted octanol–water partition coefficient (Wildman–Crippen LogP) is 2.29. The summed E-state index contributed by atoms with van der Waals surface area (Å²) in [7, 11) is 0. The minimum Gasteiger partial charge on any atom is -0.494 e. The Morgan fingerprint density at radius 3 is 3.00 bits per heavy atom. The number of benzene rings is 1. The largest absolute Gasteiger partial charge is 0.494 e. The van der Waals surface area contributed by atoms with Gasteiger partial charge in [0.15, 0.2) is 0 Å².